The molecule has 0 amide bonds. The largest absolute Gasteiger partial charge is 0.403 e. The predicted molar refractivity (Wildman–Crippen MR) is 206 cm³/mol. The summed E-state index contributed by atoms with van der Waals surface area (Å²) in [4.78, 5) is 0. The molecule has 0 saturated heterocycles. The molecular formula is C41H62O5Si2. The van der Waals surface area contributed by atoms with E-state index in [0.717, 1.165) is 37.5 Å². The first kappa shape index (κ1) is 40.1. The van der Waals surface area contributed by atoms with Crippen LogP contribution >= 0.6 is 0 Å². The Labute approximate surface area is 294 Å². The molecule has 5 nitrogen and oxygen atoms in total. The summed E-state index contributed by atoms with van der Waals surface area (Å²) < 4.78 is 24.9. The van der Waals surface area contributed by atoms with Crippen LogP contribution in [-0.2, 0) is 18.6 Å². The summed E-state index contributed by atoms with van der Waals surface area (Å²) in [5, 5.41) is 12.8. The van der Waals surface area contributed by atoms with E-state index < -0.39 is 16.4 Å². The van der Waals surface area contributed by atoms with E-state index >= 15 is 0 Å². The first-order valence-corrected chi connectivity index (χ1v) is 23.3. The molecule has 1 N–H and O–H groups in total. The Balaban J connectivity index is 1.52. The Morgan fingerprint density at radius 1 is 0.979 bits per heavy atom. The third-order valence-electron chi connectivity index (χ3n) is 9.74. The fraction of sp³-hybridized carbons (Fsp3) is 0.561. The summed E-state index contributed by atoms with van der Waals surface area (Å²) in [6.45, 7) is 22.9. The highest BCUT2D eigenvalue weighted by Crippen LogP contribution is 2.42. The van der Waals surface area contributed by atoms with Crippen molar-refractivity contribution in [3.63, 3.8) is 0 Å². The van der Waals surface area contributed by atoms with Crippen LogP contribution in [0.15, 0.2) is 84.0 Å². The van der Waals surface area contributed by atoms with Crippen molar-refractivity contribution in [2.75, 3.05) is 39.8 Å². The molecule has 0 radical (unpaired) electrons. The third kappa shape index (κ3) is 11.4. The molecule has 264 valence electrons. The minimum absolute atomic E-state index is 0.0354. The molecule has 0 aromatic heterocycles. The Morgan fingerprint density at radius 2 is 1.60 bits per heavy atom. The number of benzene rings is 2. The molecule has 0 spiro atoms. The Hall–Kier alpha value is -2.29. The van der Waals surface area contributed by atoms with E-state index in [0.29, 0.717) is 26.6 Å². The molecule has 2 aromatic rings. The number of unbranched alkanes of at least 4 members (excludes halogenated alkanes) is 1. The van der Waals surface area contributed by atoms with Crippen LogP contribution in [0, 0.1) is 23.2 Å². The number of allylic oxidation sites excluding steroid dienone is 1. The summed E-state index contributed by atoms with van der Waals surface area (Å²) in [5.74, 6) is 6.72. The third-order valence-corrected chi connectivity index (χ3v) is 16.4. The van der Waals surface area contributed by atoms with Gasteiger partial charge in [0, 0.05) is 26.5 Å². The fourth-order valence-electron chi connectivity index (χ4n) is 6.35. The second kappa shape index (κ2) is 18.6. The quantitative estimate of drug-likeness (QED) is 0.0600. The van der Waals surface area contributed by atoms with Gasteiger partial charge in [-0.25, -0.2) is 0 Å². The van der Waals surface area contributed by atoms with E-state index in [1.54, 1.807) is 0 Å². The lowest BCUT2D eigenvalue weighted by molar-refractivity contribution is -0.0865. The van der Waals surface area contributed by atoms with Crippen LogP contribution in [0.3, 0.4) is 0 Å². The maximum Gasteiger partial charge on any atom is 0.261 e. The van der Waals surface area contributed by atoms with Crippen LogP contribution in [0.1, 0.15) is 60.8 Å². The van der Waals surface area contributed by atoms with E-state index in [4.69, 9.17) is 18.6 Å². The first-order chi connectivity index (χ1) is 22.7. The summed E-state index contributed by atoms with van der Waals surface area (Å²) in [6, 6.07) is 22.7. The normalized spacial score (nSPS) is 20.6. The zero-order chi connectivity index (χ0) is 35.3. The van der Waals surface area contributed by atoms with Crippen LogP contribution in [0.2, 0.25) is 30.7 Å². The van der Waals surface area contributed by atoms with E-state index in [-0.39, 0.29) is 29.1 Å². The van der Waals surface area contributed by atoms with Crippen molar-refractivity contribution in [3.8, 4) is 11.8 Å². The van der Waals surface area contributed by atoms with E-state index in [2.05, 4.69) is 146 Å². The lowest BCUT2D eigenvalue weighted by Gasteiger charge is -2.43. The minimum Gasteiger partial charge on any atom is -0.403 e. The smallest absolute Gasteiger partial charge is 0.261 e. The highest BCUT2D eigenvalue weighted by atomic mass is 28.4. The summed E-state index contributed by atoms with van der Waals surface area (Å²) >= 11 is 0. The van der Waals surface area contributed by atoms with Gasteiger partial charge in [0.2, 0.25) is 0 Å². The summed E-state index contributed by atoms with van der Waals surface area (Å²) in [7, 11) is -3.67. The fourth-order valence-corrected chi connectivity index (χ4v) is 11.7. The lowest BCUT2D eigenvalue weighted by atomic mass is 9.67. The summed E-state index contributed by atoms with van der Waals surface area (Å²) in [6.07, 6.45) is 6.84. The van der Waals surface area contributed by atoms with Crippen LogP contribution < -0.4 is 10.4 Å². The van der Waals surface area contributed by atoms with Gasteiger partial charge in [0.25, 0.3) is 8.32 Å². The average Bonchev–Trinajstić information content (AvgIpc) is 3.04. The number of ether oxygens (including phenoxy) is 3. The molecule has 0 fully saturated rings. The van der Waals surface area contributed by atoms with Gasteiger partial charge in [-0.2, -0.15) is 0 Å². The number of aliphatic hydroxyl groups excluding tert-OH is 1. The van der Waals surface area contributed by atoms with Crippen molar-refractivity contribution in [2.24, 2.45) is 11.3 Å². The van der Waals surface area contributed by atoms with Crippen LogP contribution in [0.4, 0.5) is 0 Å². The molecule has 0 unspecified atom stereocenters. The maximum atomic E-state index is 10.3. The van der Waals surface area contributed by atoms with Crippen molar-refractivity contribution in [2.45, 2.75) is 97.6 Å². The number of aliphatic hydroxyl groups is 1. The predicted octanol–water partition coefficient (Wildman–Crippen LogP) is 7.97. The minimum atomic E-state index is -2.55. The molecule has 0 saturated carbocycles. The molecule has 7 heteroatoms. The zero-order valence-corrected chi connectivity index (χ0v) is 33.2. The highest BCUT2D eigenvalue weighted by Gasteiger charge is 2.50. The van der Waals surface area contributed by atoms with Crippen molar-refractivity contribution in [3.05, 3.63) is 84.0 Å². The van der Waals surface area contributed by atoms with Gasteiger partial charge in [-0.1, -0.05) is 139 Å². The zero-order valence-electron chi connectivity index (χ0n) is 31.2. The van der Waals surface area contributed by atoms with E-state index in [1.807, 2.05) is 0 Å². The van der Waals surface area contributed by atoms with Crippen molar-refractivity contribution in [1.82, 2.24) is 0 Å². The van der Waals surface area contributed by atoms with Crippen molar-refractivity contribution >= 4 is 26.8 Å². The van der Waals surface area contributed by atoms with E-state index in [1.165, 1.54) is 15.9 Å². The van der Waals surface area contributed by atoms with Gasteiger partial charge in [-0.15, -0.1) is 5.92 Å². The molecule has 0 aliphatic heterocycles. The monoisotopic (exact) mass is 690 g/mol. The van der Waals surface area contributed by atoms with Gasteiger partial charge >= 0.3 is 0 Å². The Morgan fingerprint density at radius 3 is 2.17 bits per heavy atom. The number of rotatable bonds is 17. The van der Waals surface area contributed by atoms with Crippen LogP contribution in [-0.4, -0.2) is 67.4 Å². The van der Waals surface area contributed by atoms with Crippen LogP contribution in [0.5, 0.6) is 0 Å². The highest BCUT2D eigenvalue weighted by molar-refractivity contribution is 6.99. The number of hydrogen-bond acceptors (Lipinski definition) is 5. The second-order valence-corrected chi connectivity index (χ2v) is 25.8. The molecular weight excluding hydrogens is 629 g/mol. The van der Waals surface area contributed by atoms with Gasteiger partial charge < -0.3 is 23.7 Å². The lowest BCUT2D eigenvalue weighted by Crippen LogP contribution is -2.66. The Bertz CT molecular complexity index is 1330. The standard InChI is InChI=1S/C41H62O5Si2/c1-34(30-46-48(40(3,4)5,38-21-15-12-16-22-38)39-23-17-13-18-24-39)20-14-10-11-19-25-43-31-36-29-37(28-35(2)41(36,6)32-42)45-33-44-26-27-47(7,8)9/h12-13,15-18,20-24,29,35,37,42H,10,14,25-28,30-33H2,1-9H3/b34-20+/t35-,37+,41+/m1/s1. The van der Waals surface area contributed by atoms with Gasteiger partial charge in [-0.05, 0) is 52.7 Å². The molecule has 1 aliphatic carbocycles. The van der Waals surface area contributed by atoms with Gasteiger partial charge in [-0.3, -0.25) is 0 Å². The SMILES string of the molecule is C/C(=C\CCC#CCOCC1=C[C@@H](OCOCC[Si](C)(C)C)C[C@@H](C)[C@]1(C)CO)CO[Si](c1ccccc1)(c1ccccc1)C(C)(C)C. The molecule has 0 heterocycles. The number of hydrogen-bond donors (Lipinski definition) is 1. The molecule has 2 aromatic carbocycles. The van der Waals surface area contributed by atoms with Crippen molar-refractivity contribution in [1.29, 1.82) is 0 Å². The molecule has 1 aliphatic rings. The average molecular weight is 691 g/mol. The van der Waals surface area contributed by atoms with Crippen LogP contribution in [0.25, 0.3) is 0 Å². The van der Waals surface area contributed by atoms with E-state index in [9.17, 15) is 5.11 Å². The first-order valence-electron chi connectivity index (χ1n) is 17.7. The topological polar surface area (TPSA) is 57.2 Å². The van der Waals surface area contributed by atoms with Gasteiger partial charge in [0.05, 0.1) is 25.9 Å². The molecule has 48 heavy (non-hydrogen) atoms. The van der Waals surface area contributed by atoms with Gasteiger partial charge in [0.15, 0.2) is 0 Å². The molecule has 3 rings (SSSR count). The molecule has 3 atom stereocenters. The maximum absolute atomic E-state index is 10.3. The van der Waals surface area contributed by atoms with Gasteiger partial charge in [0.1, 0.15) is 13.4 Å². The van der Waals surface area contributed by atoms with Crippen molar-refractivity contribution < 1.29 is 23.7 Å². The molecule has 0 bridgehead atoms. The second-order valence-electron chi connectivity index (χ2n) is 15.8. The summed E-state index contributed by atoms with van der Waals surface area (Å²) in [5.41, 5.74) is 1.98. The Kier molecular flexibility index (Phi) is 15.6.